The molecule has 2 N–H and O–H groups in total. The zero-order valence-corrected chi connectivity index (χ0v) is 14.4. The minimum atomic E-state index is -0.505. The van der Waals surface area contributed by atoms with Crippen LogP contribution in [0.2, 0.25) is 0 Å². The lowest BCUT2D eigenvalue weighted by atomic mass is 9.83. The summed E-state index contributed by atoms with van der Waals surface area (Å²) in [6, 6.07) is 5.79. The topological polar surface area (TPSA) is 35.2 Å². The van der Waals surface area contributed by atoms with Gasteiger partial charge in [-0.3, -0.25) is 0 Å². The predicted molar refractivity (Wildman–Crippen MR) is 104 cm³/mol. The van der Waals surface area contributed by atoms with Crippen LogP contribution in [-0.4, -0.2) is 5.60 Å². The lowest BCUT2D eigenvalue weighted by Crippen LogP contribution is -2.31. The van der Waals surface area contributed by atoms with E-state index in [1.54, 1.807) is 6.08 Å². The Kier molecular flexibility index (Phi) is 5.64. The van der Waals surface area contributed by atoms with E-state index >= 15 is 0 Å². The third-order valence-corrected chi connectivity index (χ3v) is 4.12. The van der Waals surface area contributed by atoms with Gasteiger partial charge in [0, 0.05) is 11.3 Å². The van der Waals surface area contributed by atoms with Gasteiger partial charge in [0.1, 0.15) is 11.4 Å². The molecule has 0 saturated carbocycles. The molecule has 0 amide bonds. The van der Waals surface area contributed by atoms with Gasteiger partial charge in [-0.2, -0.15) is 0 Å². The van der Waals surface area contributed by atoms with E-state index in [2.05, 4.69) is 32.2 Å². The average Bonchev–Trinajstić information content (AvgIpc) is 2.86. The molecule has 0 bridgehead atoms. The molecule has 1 aliphatic rings. The Labute approximate surface area is 145 Å². The molecule has 0 aliphatic carbocycles. The first-order valence-electron chi connectivity index (χ1n) is 8.07. The van der Waals surface area contributed by atoms with Crippen molar-refractivity contribution in [3.05, 3.63) is 97.2 Å². The summed E-state index contributed by atoms with van der Waals surface area (Å²) in [4.78, 5) is 0. The van der Waals surface area contributed by atoms with Gasteiger partial charge in [-0.1, -0.05) is 67.8 Å². The summed E-state index contributed by atoms with van der Waals surface area (Å²) in [6.07, 6.45) is 17.7. The molecular weight excluding hydrogens is 294 g/mol. The highest BCUT2D eigenvalue weighted by Crippen LogP contribution is 2.49. The molecule has 1 aliphatic heterocycles. The van der Waals surface area contributed by atoms with E-state index in [1.807, 2.05) is 61.6 Å². The maximum atomic E-state index is 6.23. The number of benzene rings is 1. The SMILES string of the molecule is C=C/C=C\C1(C)Oc2cccc(N)c2C1/C=C/C(C=C)=C/C=C\C. The molecule has 2 rings (SSSR count). The van der Waals surface area contributed by atoms with Crippen molar-refractivity contribution in [2.75, 3.05) is 5.73 Å². The first-order valence-corrected chi connectivity index (χ1v) is 8.07. The molecule has 24 heavy (non-hydrogen) atoms. The van der Waals surface area contributed by atoms with Crippen LogP contribution in [0.25, 0.3) is 0 Å². The molecule has 124 valence electrons. The quantitative estimate of drug-likeness (QED) is 0.556. The normalized spacial score (nSPS) is 23.8. The molecule has 2 unspecified atom stereocenters. The third kappa shape index (κ3) is 3.60. The van der Waals surface area contributed by atoms with Gasteiger partial charge in [-0.05, 0) is 37.6 Å². The van der Waals surface area contributed by atoms with E-state index in [0.717, 1.165) is 22.6 Å². The maximum absolute atomic E-state index is 6.23. The molecule has 1 aromatic carbocycles. The van der Waals surface area contributed by atoms with E-state index in [4.69, 9.17) is 10.5 Å². The second-order valence-corrected chi connectivity index (χ2v) is 5.87. The van der Waals surface area contributed by atoms with Crippen LogP contribution in [0, 0.1) is 0 Å². The largest absolute Gasteiger partial charge is 0.482 e. The molecule has 2 atom stereocenters. The zero-order valence-electron chi connectivity index (χ0n) is 14.4. The number of hydrogen-bond donors (Lipinski definition) is 1. The van der Waals surface area contributed by atoms with Gasteiger partial charge in [0.25, 0.3) is 0 Å². The van der Waals surface area contributed by atoms with Gasteiger partial charge < -0.3 is 10.5 Å². The Morgan fingerprint density at radius 3 is 2.75 bits per heavy atom. The Morgan fingerprint density at radius 1 is 1.29 bits per heavy atom. The molecule has 1 aromatic rings. The van der Waals surface area contributed by atoms with Gasteiger partial charge in [-0.15, -0.1) is 0 Å². The summed E-state index contributed by atoms with van der Waals surface area (Å²) in [5.41, 5.74) is 8.53. The average molecular weight is 319 g/mol. The number of anilines is 1. The van der Waals surface area contributed by atoms with Gasteiger partial charge >= 0.3 is 0 Å². The zero-order chi connectivity index (χ0) is 17.6. The smallest absolute Gasteiger partial charge is 0.135 e. The Hall–Kier alpha value is -2.74. The van der Waals surface area contributed by atoms with Crippen molar-refractivity contribution in [2.45, 2.75) is 25.4 Å². The number of nitrogen functional groups attached to an aromatic ring is 1. The van der Waals surface area contributed by atoms with Crippen LogP contribution in [0.15, 0.2) is 91.6 Å². The summed E-state index contributed by atoms with van der Waals surface area (Å²) >= 11 is 0. The summed E-state index contributed by atoms with van der Waals surface area (Å²) in [5, 5.41) is 0. The second kappa shape index (κ2) is 7.69. The fourth-order valence-corrected chi connectivity index (χ4v) is 2.86. The van der Waals surface area contributed by atoms with Crippen molar-refractivity contribution in [2.24, 2.45) is 0 Å². The fourth-order valence-electron chi connectivity index (χ4n) is 2.86. The van der Waals surface area contributed by atoms with Crippen molar-refractivity contribution in [3.8, 4) is 5.75 Å². The summed E-state index contributed by atoms with van der Waals surface area (Å²) in [7, 11) is 0. The van der Waals surface area contributed by atoms with Gasteiger partial charge in [0.05, 0.1) is 5.92 Å². The van der Waals surface area contributed by atoms with E-state index in [1.165, 1.54) is 0 Å². The molecule has 0 fully saturated rings. The van der Waals surface area contributed by atoms with E-state index in [9.17, 15) is 0 Å². The molecule has 0 radical (unpaired) electrons. The van der Waals surface area contributed by atoms with Gasteiger partial charge in [-0.25, -0.2) is 0 Å². The van der Waals surface area contributed by atoms with Crippen LogP contribution >= 0.6 is 0 Å². The molecule has 2 nitrogen and oxygen atoms in total. The number of hydrogen-bond acceptors (Lipinski definition) is 2. The van der Waals surface area contributed by atoms with Crippen molar-refractivity contribution < 1.29 is 4.74 Å². The number of allylic oxidation sites excluding steroid dienone is 8. The lowest BCUT2D eigenvalue weighted by Gasteiger charge is -2.25. The highest BCUT2D eigenvalue weighted by molar-refractivity contribution is 5.62. The summed E-state index contributed by atoms with van der Waals surface area (Å²) < 4.78 is 6.21. The standard InChI is InChI=1S/C22H25NO/c1-5-8-11-17(7-3)14-15-18-21-19(23)12-10-13-20(21)24-22(18,4)16-9-6-2/h5-16,18H,2-3,23H2,1,4H3/b8-5-,15-14+,16-9-,17-11+. The first-order chi connectivity index (χ1) is 11.6. The number of rotatable bonds is 6. The van der Waals surface area contributed by atoms with Crippen LogP contribution in [0.3, 0.4) is 0 Å². The van der Waals surface area contributed by atoms with Crippen LogP contribution in [0.5, 0.6) is 5.75 Å². The van der Waals surface area contributed by atoms with Crippen LogP contribution in [0.1, 0.15) is 25.3 Å². The predicted octanol–water partition coefficient (Wildman–Crippen LogP) is 5.49. The van der Waals surface area contributed by atoms with Crippen LogP contribution < -0.4 is 10.5 Å². The second-order valence-electron chi connectivity index (χ2n) is 5.87. The molecule has 0 saturated heterocycles. The van der Waals surface area contributed by atoms with Crippen molar-refractivity contribution in [3.63, 3.8) is 0 Å². The maximum Gasteiger partial charge on any atom is 0.135 e. The lowest BCUT2D eigenvalue weighted by molar-refractivity contribution is 0.156. The molecule has 1 heterocycles. The number of fused-ring (bicyclic) bond motifs is 1. The van der Waals surface area contributed by atoms with Crippen LogP contribution in [-0.2, 0) is 0 Å². The van der Waals surface area contributed by atoms with Crippen molar-refractivity contribution in [1.82, 2.24) is 0 Å². The molecular formula is C22H25NO. The highest BCUT2D eigenvalue weighted by Gasteiger charge is 2.42. The van der Waals surface area contributed by atoms with Gasteiger partial charge in [0.15, 0.2) is 0 Å². The van der Waals surface area contributed by atoms with Crippen molar-refractivity contribution in [1.29, 1.82) is 0 Å². The highest BCUT2D eigenvalue weighted by atomic mass is 16.5. The van der Waals surface area contributed by atoms with Gasteiger partial charge in [0.2, 0.25) is 0 Å². The Bertz CT molecular complexity index is 736. The van der Waals surface area contributed by atoms with Crippen LogP contribution in [0.4, 0.5) is 5.69 Å². The number of ether oxygens (including phenoxy) is 1. The van der Waals surface area contributed by atoms with E-state index < -0.39 is 5.60 Å². The summed E-state index contributed by atoms with van der Waals surface area (Å²) in [6.45, 7) is 11.7. The first kappa shape index (κ1) is 17.6. The fraction of sp³-hybridized carbons (Fsp3) is 0.182. The van der Waals surface area contributed by atoms with E-state index in [-0.39, 0.29) is 5.92 Å². The molecule has 2 heteroatoms. The molecule has 0 spiro atoms. The minimum Gasteiger partial charge on any atom is -0.482 e. The summed E-state index contributed by atoms with van der Waals surface area (Å²) in [5.74, 6) is 0.845. The minimum absolute atomic E-state index is 0.0128. The third-order valence-electron chi connectivity index (χ3n) is 4.12. The number of nitrogens with two attached hydrogens (primary N) is 1. The monoisotopic (exact) mass is 319 g/mol. The molecule has 0 aromatic heterocycles. The Morgan fingerprint density at radius 2 is 2.08 bits per heavy atom. The van der Waals surface area contributed by atoms with Crippen molar-refractivity contribution >= 4 is 5.69 Å². The van der Waals surface area contributed by atoms with E-state index in [0.29, 0.717) is 0 Å². The Balaban J connectivity index is 2.47.